The molecule has 4 rings (SSSR count). The number of H-pyrrole nitrogens is 2. The fraction of sp³-hybridized carbons (Fsp3) is 0.389. The molecule has 3 aromatic rings. The second kappa shape index (κ2) is 6.95. The number of ether oxygens (including phenoxy) is 2. The highest BCUT2D eigenvalue weighted by atomic mass is 32.1. The molecular weight excluding hydrogens is 352 g/mol. The second-order valence-electron chi connectivity index (χ2n) is 6.46. The Kier molecular flexibility index (Phi) is 4.50. The van der Waals surface area contributed by atoms with Crippen LogP contribution in [0.5, 0.6) is 11.5 Å². The molecule has 0 amide bonds. The number of imidazole rings is 1. The van der Waals surface area contributed by atoms with Gasteiger partial charge in [-0.2, -0.15) is 0 Å². The number of methoxy groups -OCH3 is 1. The average Bonchev–Trinajstić information content (AvgIpc) is 3.30. The van der Waals surface area contributed by atoms with Crippen LogP contribution in [0.2, 0.25) is 0 Å². The first kappa shape index (κ1) is 16.8. The van der Waals surface area contributed by atoms with Gasteiger partial charge >= 0.3 is 0 Å². The molecule has 2 heterocycles. The summed E-state index contributed by atoms with van der Waals surface area (Å²) in [7, 11) is 1.64. The standard InChI is InChI=1S/C18H20N4O3S/c1-24-13-7-6-11(8-14(13)25-12-4-2-3-5-12)9-22-16-15(19-10-20-16)17(23)21-18(22)26/h6-8,10,12H,2-5,9H2,1H3,(H,19,20)(H,21,23,26). The first-order valence-electron chi connectivity index (χ1n) is 8.65. The maximum atomic E-state index is 12.0. The zero-order valence-electron chi connectivity index (χ0n) is 14.4. The minimum Gasteiger partial charge on any atom is -0.493 e. The van der Waals surface area contributed by atoms with E-state index < -0.39 is 0 Å². The third-order valence-corrected chi connectivity index (χ3v) is 5.05. The fourth-order valence-corrected chi connectivity index (χ4v) is 3.65. The highest BCUT2D eigenvalue weighted by molar-refractivity contribution is 7.71. The Labute approximate surface area is 155 Å². The molecule has 7 nitrogen and oxygen atoms in total. The molecule has 1 fully saturated rings. The van der Waals surface area contributed by atoms with Crippen molar-refractivity contribution in [1.82, 2.24) is 19.5 Å². The fourth-order valence-electron chi connectivity index (χ4n) is 3.41. The van der Waals surface area contributed by atoms with Gasteiger partial charge in [0.1, 0.15) is 5.52 Å². The Balaban J connectivity index is 1.69. The predicted octanol–water partition coefficient (Wildman–Crippen LogP) is 3.16. The van der Waals surface area contributed by atoms with Crippen LogP contribution in [0.4, 0.5) is 0 Å². The van der Waals surface area contributed by atoms with Crippen molar-refractivity contribution >= 4 is 23.4 Å². The van der Waals surface area contributed by atoms with Gasteiger partial charge in [-0.3, -0.25) is 14.3 Å². The van der Waals surface area contributed by atoms with E-state index in [1.165, 1.54) is 19.2 Å². The Hall–Kier alpha value is -2.61. The van der Waals surface area contributed by atoms with Crippen molar-refractivity contribution in [1.29, 1.82) is 0 Å². The van der Waals surface area contributed by atoms with Gasteiger partial charge in [0.25, 0.3) is 5.56 Å². The first-order valence-corrected chi connectivity index (χ1v) is 9.06. The third-order valence-electron chi connectivity index (χ3n) is 4.73. The largest absolute Gasteiger partial charge is 0.493 e. The van der Waals surface area contributed by atoms with Gasteiger partial charge in [-0.05, 0) is 55.6 Å². The molecule has 1 aliphatic carbocycles. The number of nitrogens with one attached hydrogen (secondary N) is 2. The molecule has 0 radical (unpaired) electrons. The lowest BCUT2D eigenvalue weighted by atomic mass is 10.2. The van der Waals surface area contributed by atoms with Gasteiger partial charge in [-0.1, -0.05) is 6.07 Å². The molecule has 8 heteroatoms. The van der Waals surface area contributed by atoms with Gasteiger partial charge in [0.05, 0.1) is 26.1 Å². The summed E-state index contributed by atoms with van der Waals surface area (Å²) in [5.74, 6) is 1.46. The van der Waals surface area contributed by atoms with Crippen molar-refractivity contribution in [2.45, 2.75) is 38.3 Å². The molecule has 26 heavy (non-hydrogen) atoms. The van der Waals surface area contributed by atoms with Crippen molar-refractivity contribution in [3.05, 3.63) is 45.2 Å². The Morgan fingerprint density at radius 3 is 2.88 bits per heavy atom. The van der Waals surface area contributed by atoms with E-state index in [-0.39, 0.29) is 11.7 Å². The molecule has 136 valence electrons. The normalized spacial score (nSPS) is 14.8. The lowest BCUT2D eigenvalue weighted by Crippen LogP contribution is -2.15. The summed E-state index contributed by atoms with van der Waals surface area (Å²) >= 11 is 5.33. The molecule has 1 saturated carbocycles. The molecule has 0 saturated heterocycles. The van der Waals surface area contributed by atoms with E-state index in [0.29, 0.717) is 22.5 Å². The van der Waals surface area contributed by atoms with E-state index >= 15 is 0 Å². The number of hydrogen-bond acceptors (Lipinski definition) is 5. The van der Waals surface area contributed by atoms with Gasteiger partial charge in [-0.25, -0.2) is 4.98 Å². The predicted molar refractivity (Wildman–Crippen MR) is 101 cm³/mol. The van der Waals surface area contributed by atoms with Crippen LogP contribution >= 0.6 is 12.2 Å². The van der Waals surface area contributed by atoms with Crippen LogP contribution < -0.4 is 15.0 Å². The van der Waals surface area contributed by atoms with Crippen LogP contribution in [-0.4, -0.2) is 32.7 Å². The van der Waals surface area contributed by atoms with Gasteiger partial charge < -0.3 is 14.5 Å². The van der Waals surface area contributed by atoms with Crippen LogP contribution in [0.3, 0.4) is 0 Å². The van der Waals surface area contributed by atoms with Crippen LogP contribution in [-0.2, 0) is 6.54 Å². The molecule has 1 aromatic carbocycles. The average molecular weight is 372 g/mol. The molecule has 2 N–H and O–H groups in total. The van der Waals surface area contributed by atoms with Crippen LogP contribution in [0, 0.1) is 4.77 Å². The van der Waals surface area contributed by atoms with E-state index in [1.807, 2.05) is 18.2 Å². The lowest BCUT2D eigenvalue weighted by Gasteiger charge is -2.17. The van der Waals surface area contributed by atoms with Crippen LogP contribution in [0.25, 0.3) is 11.2 Å². The summed E-state index contributed by atoms with van der Waals surface area (Å²) in [4.78, 5) is 21.7. The zero-order chi connectivity index (χ0) is 18.1. The SMILES string of the molecule is COc1ccc(Cn2c(=S)[nH]c(=O)c3[nH]cnc32)cc1OC1CCCC1. The summed E-state index contributed by atoms with van der Waals surface area (Å²) < 4.78 is 13.7. The Bertz CT molecular complexity index is 1050. The summed E-state index contributed by atoms with van der Waals surface area (Å²) in [6, 6.07) is 5.84. The van der Waals surface area contributed by atoms with E-state index in [4.69, 9.17) is 21.7 Å². The molecule has 0 bridgehead atoms. The summed E-state index contributed by atoms with van der Waals surface area (Å²) in [5.41, 5.74) is 1.67. The number of hydrogen-bond donors (Lipinski definition) is 2. The highest BCUT2D eigenvalue weighted by Gasteiger charge is 2.19. The molecule has 0 aliphatic heterocycles. The van der Waals surface area contributed by atoms with Gasteiger partial charge in [0, 0.05) is 0 Å². The van der Waals surface area contributed by atoms with Crippen molar-refractivity contribution in [2.24, 2.45) is 0 Å². The quantitative estimate of drug-likeness (QED) is 0.672. The summed E-state index contributed by atoms with van der Waals surface area (Å²) in [6.07, 6.45) is 6.30. The van der Waals surface area contributed by atoms with Gasteiger partial charge in [0.15, 0.2) is 21.9 Å². The maximum absolute atomic E-state index is 12.0. The minimum atomic E-state index is -0.265. The minimum absolute atomic E-state index is 0.243. The van der Waals surface area contributed by atoms with Crippen molar-refractivity contribution < 1.29 is 9.47 Å². The lowest BCUT2D eigenvalue weighted by molar-refractivity contribution is 0.200. The van der Waals surface area contributed by atoms with Gasteiger partial charge in [0.2, 0.25) is 0 Å². The summed E-state index contributed by atoms with van der Waals surface area (Å²) in [5, 5.41) is 0. The maximum Gasteiger partial charge on any atom is 0.277 e. The number of rotatable bonds is 5. The highest BCUT2D eigenvalue weighted by Crippen LogP contribution is 2.32. The first-order chi connectivity index (χ1) is 12.7. The molecule has 1 aliphatic rings. The Morgan fingerprint density at radius 2 is 2.12 bits per heavy atom. The molecule has 0 unspecified atom stereocenters. The second-order valence-corrected chi connectivity index (χ2v) is 6.84. The summed E-state index contributed by atoms with van der Waals surface area (Å²) in [6.45, 7) is 0.474. The third kappa shape index (κ3) is 3.12. The van der Waals surface area contributed by atoms with Crippen molar-refractivity contribution in [3.8, 4) is 11.5 Å². The smallest absolute Gasteiger partial charge is 0.277 e. The molecule has 0 atom stereocenters. The number of aromatic nitrogens is 4. The Morgan fingerprint density at radius 1 is 1.31 bits per heavy atom. The van der Waals surface area contributed by atoms with E-state index in [9.17, 15) is 4.79 Å². The zero-order valence-corrected chi connectivity index (χ0v) is 15.3. The number of benzene rings is 1. The molecule has 2 aromatic heterocycles. The van der Waals surface area contributed by atoms with E-state index in [0.717, 1.165) is 29.9 Å². The molecular formula is C18H20N4O3S. The van der Waals surface area contributed by atoms with E-state index in [1.54, 1.807) is 11.7 Å². The van der Waals surface area contributed by atoms with E-state index in [2.05, 4.69) is 15.0 Å². The molecule has 0 spiro atoms. The number of fused-ring (bicyclic) bond motifs is 1. The monoisotopic (exact) mass is 372 g/mol. The van der Waals surface area contributed by atoms with Gasteiger partial charge in [-0.15, -0.1) is 0 Å². The van der Waals surface area contributed by atoms with Crippen LogP contribution in [0.1, 0.15) is 31.2 Å². The van der Waals surface area contributed by atoms with Crippen molar-refractivity contribution in [3.63, 3.8) is 0 Å². The van der Waals surface area contributed by atoms with Crippen molar-refractivity contribution in [2.75, 3.05) is 7.11 Å². The van der Waals surface area contributed by atoms with Crippen LogP contribution in [0.15, 0.2) is 29.3 Å². The topological polar surface area (TPSA) is 84.9 Å². The number of aromatic amines is 2. The number of nitrogens with zero attached hydrogens (tertiary/aromatic N) is 2.